The van der Waals surface area contributed by atoms with Crippen molar-refractivity contribution >= 4 is 5.78 Å². The van der Waals surface area contributed by atoms with E-state index in [1.165, 1.54) is 0 Å². The minimum Gasteiger partial charge on any atom is -0.492 e. The molecule has 5 heteroatoms. The third-order valence-corrected chi connectivity index (χ3v) is 3.84. The second kappa shape index (κ2) is 7.52. The fraction of sp³-hybridized carbons (Fsp3) is 0.625. The SMILES string of the molecule is CCCOc1cncc(C(=O)C2CN(C)CCCN2C)c1. The van der Waals surface area contributed by atoms with Crippen LogP contribution in [0.15, 0.2) is 18.5 Å². The van der Waals surface area contributed by atoms with Gasteiger partial charge >= 0.3 is 0 Å². The van der Waals surface area contributed by atoms with Gasteiger partial charge in [0, 0.05) is 18.3 Å². The van der Waals surface area contributed by atoms with Gasteiger partial charge in [-0.25, -0.2) is 0 Å². The van der Waals surface area contributed by atoms with Crippen molar-refractivity contribution in [3.05, 3.63) is 24.0 Å². The number of likely N-dealkylation sites (N-methyl/N-ethyl adjacent to an activating group) is 2. The Balaban J connectivity index is 2.14. The molecule has 0 amide bonds. The number of hydrogen-bond donors (Lipinski definition) is 0. The molecule has 0 saturated carbocycles. The van der Waals surface area contributed by atoms with Gasteiger partial charge in [-0.1, -0.05) is 6.92 Å². The molecule has 0 radical (unpaired) electrons. The highest BCUT2D eigenvalue weighted by molar-refractivity contribution is 6.00. The Labute approximate surface area is 126 Å². The molecule has 5 nitrogen and oxygen atoms in total. The fourth-order valence-electron chi connectivity index (χ4n) is 2.60. The van der Waals surface area contributed by atoms with Gasteiger partial charge in [0.1, 0.15) is 5.75 Å². The number of ketones is 1. The molecule has 0 bridgehead atoms. The first-order valence-corrected chi connectivity index (χ1v) is 7.62. The molecule has 21 heavy (non-hydrogen) atoms. The van der Waals surface area contributed by atoms with Gasteiger partial charge in [-0.05, 0) is 46.1 Å². The van der Waals surface area contributed by atoms with Crippen LogP contribution < -0.4 is 4.74 Å². The maximum atomic E-state index is 12.8. The summed E-state index contributed by atoms with van der Waals surface area (Å²) in [6, 6.07) is 1.70. The van der Waals surface area contributed by atoms with E-state index in [4.69, 9.17) is 4.74 Å². The summed E-state index contributed by atoms with van der Waals surface area (Å²) >= 11 is 0. The van der Waals surface area contributed by atoms with Gasteiger partial charge in [0.15, 0.2) is 5.78 Å². The average Bonchev–Trinajstić information content (AvgIpc) is 2.66. The van der Waals surface area contributed by atoms with Crippen molar-refractivity contribution in [3.63, 3.8) is 0 Å². The number of hydrogen-bond acceptors (Lipinski definition) is 5. The van der Waals surface area contributed by atoms with E-state index in [2.05, 4.69) is 28.8 Å². The Bertz CT molecular complexity index is 478. The van der Waals surface area contributed by atoms with Crippen LogP contribution in [0, 0.1) is 0 Å². The summed E-state index contributed by atoms with van der Waals surface area (Å²) in [4.78, 5) is 21.3. The molecule has 0 aromatic carbocycles. The Morgan fingerprint density at radius 1 is 1.38 bits per heavy atom. The molecule has 1 aromatic heterocycles. The van der Waals surface area contributed by atoms with Crippen molar-refractivity contribution in [1.82, 2.24) is 14.8 Å². The highest BCUT2D eigenvalue weighted by atomic mass is 16.5. The minimum atomic E-state index is -0.110. The summed E-state index contributed by atoms with van der Waals surface area (Å²) in [6.07, 6.45) is 5.33. The Morgan fingerprint density at radius 3 is 2.95 bits per heavy atom. The normalized spacial score (nSPS) is 21.0. The van der Waals surface area contributed by atoms with E-state index in [-0.39, 0.29) is 11.8 Å². The van der Waals surface area contributed by atoms with Crippen LogP contribution in [0.5, 0.6) is 5.75 Å². The van der Waals surface area contributed by atoms with E-state index in [1.807, 2.05) is 13.1 Å². The molecule has 0 spiro atoms. The molecule has 1 fully saturated rings. The van der Waals surface area contributed by atoms with E-state index in [9.17, 15) is 4.79 Å². The highest BCUT2D eigenvalue weighted by Crippen LogP contribution is 2.17. The van der Waals surface area contributed by atoms with Crippen LogP contribution >= 0.6 is 0 Å². The maximum Gasteiger partial charge on any atom is 0.182 e. The van der Waals surface area contributed by atoms with E-state index in [1.54, 1.807) is 12.4 Å². The molecule has 116 valence electrons. The maximum absolute atomic E-state index is 12.8. The van der Waals surface area contributed by atoms with Gasteiger partial charge in [0.2, 0.25) is 0 Å². The topological polar surface area (TPSA) is 45.7 Å². The minimum absolute atomic E-state index is 0.110. The second-order valence-electron chi connectivity index (χ2n) is 5.73. The van der Waals surface area contributed by atoms with Gasteiger partial charge in [0.25, 0.3) is 0 Å². The van der Waals surface area contributed by atoms with Gasteiger partial charge < -0.3 is 9.64 Å². The molecule has 1 aromatic rings. The lowest BCUT2D eigenvalue weighted by Gasteiger charge is -2.26. The average molecular weight is 291 g/mol. The van der Waals surface area contributed by atoms with Crippen LogP contribution in [-0.4, -0.2) is 66.9 Å². The Morgan fingerprint density at radius 2 is 2.19 bits per heavy atom. The number of ether oxygens (including phenoxy) is 1. The molecule has 2 heterocycles. The number of pyridine rings is 1. The fourth-order valence-corrected chi connectivity index (χ4v) is 2.60. The van der Waals surface area contributed by atoms with Crippen molar-refractivity contribution < 1.29 is 9.53 Å². The van der Waals surface area contributed by atoms with Gasteiger partial charge in [-0.2, -0.15) is 0 Å². The van der Waals surface area contributed by atoms with Gasteiger partial charge in [0.05, 0.1) is 18.8 Å². The van der Waals surface area contributed by atoms with Crippen molar-refractivity contribution in [2.24, 2.45) is 0 Å². The number of carbonyl (C=O) groups is 1. The molecular weight excluding hydrogens is 266 g/mol. The zero-order valence-corrected chi connectivity index (χ0v) is 13.2. The van der Waals surface area contributed by atoms with Crippen LogP contribution in [0.2, 0.25) is 0 Å². The van der Waals surface area contributed by atoms with Gasteiger partial charge in [-0.3, -0.25) is 14.7 Å². The molecule has 0 N–H and O–H groups in total. The van der Waals surface area contributed by atoms with E-state index in [0.717, 1.165) is 32.5 Å². The lowest BCUT2D eigenvalue weighted by molar-refractivity contribution is 0.0838. The molecule has 1 atom stereocenters. The van der Waals surface area contributed by atoms with Crippen molar-refractivity contribution in [1.29, 1.82) is 0 Å². The third kappa shape index (κ3) is 4.25. The molecule has 1 unspecified atom stereocenters. The summed E-state index contributed by atoms with van der Waals surface area (Å²) in [6.45, 7) is 5.44. The predicted molar refractivity (Wildman–Crippen MR) is 82.9 cm³/mol. The summed E-state index contributed by atoms with van der Waals surface area (Å²) in [5.74, 6) is 0.799. The van der Waals surface area contributed by atoms with Crippen LogP contribution in [-0.2, 0) is 0 Å². The van der Waals surface area contributed by atoms with E-state index < -0.39 is 0 Å². The summed E-state index contributed by atoms with van der Waals surface area (Å²) in [5, 5.41) is 0. The van der Waals surface area contributed by atoms with Crippen LogP contribution in [0.1, 0.15) is 30.1 Å². The van der Waals surface area contributed by atoms with E-state index >= 15 is 0 Å². The molecule has 1 aliphatic heterocycles. The summed E-state index contributed by atoms with van der Waals surface area (Å²) < 4.78 is 5.57. The third-order valence-electron chi connectivity index (χ3n) is 3.84. The molecule has 1 saturated heterocycles. The quantitative estimate of drug-likeness (QED) is 0.773. The summed E-state index contributed by atoms with van der Waals surface area (Å²) in [7, 11) is 4.09. The zero-order chi connectivity index (χ0) is 15.2. The number of aromatic nitrogens is 1. The number of nitrogens with zero attached hydrogens (tertiary/aromatic N) is 3. The number of Topliss-reactive ketones (excluding diaryl/α,β-unsaturated/α-hetero) is 1. The largest absolute Gasteiger partial charge is 0.492 e. The number of carbonyl (C=O) groups excluding carboxylic acids is 1. The van der Waals surface area contributed by atoms with Crippen molar-refractivity contribution in [3.8, 4) is 5.75 Å². The monoisotopic (exact) mass is 291 g/mol. The van der Waals surface area contributed by atoms with E-state index in [0.29, 0.717) is 17.9 Å². The Kier molecular flexibility index (Phi) is 5.70. The smallest absolute Gasteiger partial charge is 0.182 e. The van der Waals surface area contributed by atoms with Crippen LogP contribution in [0.25, 0.3) is 0 Å². The Hall–Kier alpha value is -1.46. The second-order valence-corrected chi connectivity index (χ2v) is 5.73. The van der Waals surface area contributed by atoms with Crippen molar-refractivity contribution in [2.45, 2.75) is 25.8 Å². The molecule has 0 aliphatic carbocycles. The highest BCUT2D eigenvalue weighted by Gasteiger charge is 2.28. The molecular formula is C16H25N3O2. The van der Waals surface area contributed by atoms with Gasteiger partial charge in [-0.15, -0.1) is 0 Å². The number of rotatable bonds is 5. The van der Waals surface area contributed by atoms with Crippen molar-refractivity contribution in [2.75, 3.05) is 40.3 Å². The lowest BCUT2D eigenvalue weighted by atomic mass is 10.0. The summed E-state index contributed by atoms with van der Waals surface area (Å²) in [5.41, 5.74) is 0.635. The first-order chi connectivity index (χ1) is 10.1. The van der Waals surface area contributed by atoms with Crippen LogP contribution in [0.3, 0.4) is 0 Å². The zero-order valence-electron chi connectivity index (χ0n) is 13.2. The first-order valence-electron chi connectivity index (χ1n) is 7.62. The lowest BCUT2D eigenvalue weighted by Crippen LogP contribution is -2.43. The van der Waals surface area contributed by atoms with Crippen LogP contribution in [0.4, 0.5) is 0 Å². The first kappa shape index (κ1) is 15.9. The standard InChI is InChI=1S/C16H25N3O2/c1-4-8-21-14-9-13(10-17-11-14)16(20)15-12-18(2)6-5-7-19(15)3/h9-11,15H,4-8,12H2,1-3H3. The molecule has 1 aliphatic rings. The predicted octanol–water partition coefficient (Wildman–Crippen LogP) is 1.69. The molecule has 2 rings (SSSR count).